The van der Waals surface area contributed by atoms with Gasteiger partial charge < -0.3 is 24.5 Å². The van der Waals surface area contributed by atoms with E-state index in [1.807, 2.05) is 32.0 Å². The predicted octanol–water partition coefficient (Wildman–Crippen LogP) is 3.37. The number of methoxy groups -OCH3 is 1. The molecule has 2 N–H and O–H groups in total. The first-order valence-electron chi connectivity index (χ1n) is 9.76. The SMILES string of the molecule is CN=C(NCc1nc(C)c(C)o1)NCC1(c2cc(Cl)ccc2OC)CCOCC1. The number of aliphatic imine (C=N–C) groups is 1. The molecule has 2 heterocycles. The molecule has 0 radical (unpaired) electrons. The fourth-order valence-corrected chi connectivity index (χ4v) is 3.82. The Bertz CT molecular complexity index is 840. The number of aryl methyl sites for hydroxylation is 2. The lowest BCUT2D eigenvalue weighted by Crippen LogP contribution is -2.48. The topological polar surface area (TPSA) is 80.9 Å². The third kappa shape index (κ3) is 5.03. The summed E-state index contributed by atoms with van der Waals surface area (Å²) in [7, 11) is 3.44. The predicted molar refractivity (Wildman–Crippen MR) is 114 cm³/mol. The Kier molecular flexibility index (Phi) is 7.03. The van der Waals surface area contributed by atoms with Crippen LogP contribution in [0.15, 0.2) is 27.6 Å². The first-order chi connectivity index (χ1) is 14.0. The van der Waals surface area contributed by atoms with Gasteiger partial charge in [-0.05, 0) is 44.9 Å². The molecule has 0 spiro atoms. The van der Waals surface area contributed by atoms with Gasteiger partial charge >= 0.3 is 0 Å². The van der Waals surface area contributed by atoms with Crippen molar-refractivity contribution in [1.29, 1.82) is 0 Å². The largest absolute Gasteiger partial charge is 0.496 e. The number of nitrogens with zero attached hydrogens (tertiary/aromatic N) is 2. The number of rotatable bonds is 6. The van der Waals surface area contributed by atoms with Gasteiger partial charge in [-0.1, -0.05) is 11.6 Å². The minimum Gasteiger partial charge on any atom is -0.496 e. The smallest absolute Gasteiger partial charge is 0.214 e. The molecule has 1 aromatic carbocycles. The van der Waals surface area contributed by atoms with Crippen molar-refractivity contribution in [3.63, 3.8) is 0 Å². The average molecular weight is 421 g/mol. The van der Waals surface area contributed by atoms with E-state index in [9.17, 15) is 0 Å². The van der Waals surface area contributed by atoms with Crippen molar-refractivity contribution in [1.82, 2.24) is 15.6 Å². The van der Waals surface area contributed by atoms with Crippen LogP contribution in [0, 0.1) is 13.8 Å². The molecule has 0 aliphatic carbocycles. The van der Waals surface area contributed by atoms with Crippen LogP contribution in [0.1, 0.15) is 35.7 Å². The number of guanidine groups is 1. The molecule has 0 unspecified atom stereocenters. The first-order valence-corrected chi connectivity index (χ1v) is 10.1. The molecule has 1 saturated heterocycles. The van der Waals surface area contributed by atoms with E-state index in [0.29, 0.717) is 43.2 Å². The maximum Gasteiger partial charge on any atom is 0.214 e. The molecular weight excluding hydrogens is 392 g/mol. The Hall–Kier alpha value is -2.25. The van der Waals surface area contributed by atoms with Gasteiger partial charge in [0.2, 0.25) is 5.89 Å². The lowest BCUT2D eigenvalue weighted by molar-refractivity contribution is 0.0505. The molecule has 1 aromatic heterocycles. The molecule has 0 atom stereocenters. The Morgan fingerprint density at radius 1 is 1.28 bits per heavy atom. The molecular formula is C21H29ClN4O3. The van der Waals surface area contributed by atoms with Crippen molar-refractivity contribution in [2.75, 3.05) is 33.9 Å². The van der Waals surface area contributed by atoms with Crippen LogP contribution in [0.2, 0.25) is 5.02 Å². The van der Waals surface area contributed by atoms with Crippen molar-refractivity contribution < 1.29 is 13.9 Å². The Balaban J connectivity index is 1.74. The Morgan fingerprint density at radius 2 is 2.03 bits per heavy atom. The molecule has 158 valence electrons. The number of hydrogen-bond acceptors (Lipinski definition) is 5. The van der Waals surface area contributed by atoms with Crippen LogP contribution >= 0.6 is 11.6 Å². The van der Waals surface area contributed by atoms with E-state index in [2.05, 4.69) is 20.6 Å². The van der Waals surface area contributed by atoms with Crippen LogP contribution in [-0.2, 0) is 16.7 Å². The minimum atomic E-state index is -0.164. The highest BCUT2D eigenvalue weighted by molar-refractivity contribution is 6.30. The number of ether oxygens (including phenoxy) is 2. The van der Waals surface area contributed by atoms with Gasteiger partial charge in [-0.25, -0.2) is 4.98 Å². The molecule has 8 heteroatoms. The minimum absolute atomic E-state index is 0.164. The highest BCUT2D eigenvalue weighted by Crippen LogP contribution is 2.40. The summed E-state index contributed by atoms with van der Waals surface area (Å²) in [6.45, 7) is 6.37. The van der Waals surface area contributed by atoms with Gasteiger partial charge in [0.05, 0.1) is 19.3 Å². The molecule has 29 heavy (non-hydrogen) atoms. The molecule has 1 aliphatic rings. The summed E-state index contributed by atoms with van der Waals surface area (Å²) in [5, 5.41) is 7.42. The van der Waals surface area contributed by atoms with Crippen molar-refractivity contribution in [2.24, 2.45) is 4.99 Å². The highest BCUT2D eigenvalue weighted by atomic mass is 35.5. The molecule has 3 rings (SSSR count). The second-order valence-corrected chi connectivity index (χ2v) is 7.70. The summed E-state index contributed by atoms with van der Waals surface area (Å²) in [6.07, 6.45) is 1.73. The normalized spacial score (nSPS) is 16.5. The van der Waals surface area contributed by atoms with E-state index < -0.39 is 0 Å². The van der Waals surface area contributed by atoms with Gasteiger partial charge in [0.15, 0.2) is 5.96 Å². The monoisotopic (exact) mass is 420 g/mol. The van der Waals surface area contributed by atoms with Crippen LogP contribution in [0.5, 0.6) is 5.75 Å². The highest BCUT2D eigenvalue weighted by Gasteiger charge is 2.37. The molecule has 0 bridgehead atoms. The van der Waals surface area contributed by atoms with E-state index in [1.54, 1.807) is 14.2 Å². The number of halogens is 1. The van der Waals surface area contributed by atoms with Gasteiger partial charge in [0, 0.05) is 42.8 Å². The van der Waals surface area contributed by atoms with E-state index >= 15 is 0 Å². The molecule has 1 aliphatic heterocycles. The summed E-state index contributed by atoms with van der Waals surface area (Å²) in [5.74, 6) is 3.00. The molecule has 0 amide bonds. The number of aromatic nitrogens is 1. The first kappa shape index (κ1) is 21.5. The zero-order valence-corrected chi connectivity index (χ0v) is 18.2. The third-order valence-corrected chi connectivity index (χ3v) is 5.72. The number of benzene rings is 1. The van der Waals surface area contributed by atoms with E-state index in [0.717, 1.165) is 35.6 Å². The quantitative estimate of drug-likeness (QED) is 0.551. The van der Waals surface area contributed by atoms with Gasteiger partial charge in [-0.3, -0.25) is 4.99 Å². The van der Waals surface area contributed by atoms with Gasteiger partial charge in [0.25, 0.3) is 0 Å². The average Bonchev–Trinajstić information content (AvgIpc) is 3.06. The Morgan fingerprint density at radius 3 is 2.66 bits per heavy atom. The van der Waals surface area contributed by atoms with Crippen molar-refractivity contribution >= 4 is 17.6 Å². The summed E-state index contributed by atoms with van der Waals surface area (Å²) < 4.78 is 16.9. The molecule has 0 saturated carbocycles. The fourth-order valence-electron chi connectivity index (χ4n) is 3.65. The summed E-state index contributed by atoms with van der Waals surface area (Å²) in [5.41, 5.74) is 1.83. The maximum absolute atomic E-state index is 6.32. The van der Waals surface area contributed by atoms with E-state index in [-0.39, 0.29) is 5.41 Å². The second kappa shape index (κ2) is 9.50. The van der Waals surface area contributed by atoms with Gasteiger partial charge in [-0.2, -0.15) is 0 Å². The van der Waals surface area contributed by atoms with Crippen LogP contribution in [0.4, 0.5) is 0 Å². The molecule has 2 aromatic rings. The Labute approximate surface area is 176 Å². The standard InChI is InChI=1S/C21H29ClN4O3/c1-14-15(2)29-19(26-14)12-24-20(23-3)25-13-21(7-9-28-10-8-21)17-11-16(22)5-6-18(17)27-4/h5-6,11H,7-10,12-13H2,1-4H3,(H2,23,24,25). The second-order valence-electron chi connectivity index (χ2n) is 7.27. The molecule has 7 nitrogen and oxygen atoms in total. The van der Waals surface area contributed by atoms with Crippen molar-refractivity contribution in [3.05, 3.63) is 46.1 Å². The van der Waals surface area contributed by atoms with Gasteiger partial charge in [0.1, 0.15) is 11.5 Å². The zero-order valence-electron chi connectivity index (χ0n) is 17.5. The summed E-state index contributed by atoms with van der Waals surface area (Å²) in [4.78, 5) is 8.74. The summed E-state index contributed by atoms with van der Waals surface area (Å²) in [6, 6.07) is 5.78. The van der Waals surface area contributed by atoms with Crippen LogP contribution in [0.25, 0.3) is 0 Å². The zero-order chi connectivity index (χ0) is 20.9. The maximum atomic E-state index is 6.32. The van der Waals surface area contributed by atoms with Crippen LogP contribution < -0.4 is 15.4 Å². The lowest BCUT2D eigenvalue weighted by atomic mass is 9.73. The van der Waals surface area contributed by atoms with E-state index in [1.165, 1.54) is 0 Å². The van der Waals surface area contributed by atoms with E-state index in [4.69, 9.17) is 25.5 Å². The summed E-state index contributed by atoms with van der Waals surface area (Å²) >= 11 is 6.32. The third-order valence-electron chi connectivity index (χ3n) is 5.48. The van der Waals surface area contributed by atoms with Crippen LogP contribution in [-0.4, -0.2) is 44.9 Å². The van der Waals surface area contributed by atoms with Crippen molar-refractivity contribution in [2.45, 2.75) is 38.6 Å². The van der Waals surface area contributed by atoms with Crippen LogP contribution in [0.3, 0.4) is 0 Å². The number of nitrogens with one attached hydrogen (secondary N) is 2. The number of hydrogen-bond donors (Lipinski definition) is 2. The fraction of sp³-hybridized carbons (Fsp3) is 0.524. The molecule has 1 fully saturated rings. The lowest BCUT2D eigenvalue weighted by Gasteiger charge is -2.39. The number of oxazole rings is 1. The van der Waals surface area contributed by atoms with Gasteiger partial charge in [-0.15, -0.1) is 0 Å². The van der Waals surface area contributed by atoms with Crippen molar-refractivity contribution in [3.8, 4) is 5.75 Å².